The van der Waals surface area contributed by atoms with E-state index in [-0.39, 0.29) is 6.10 Å². The molecule has 1 aliphatic carbocycles. The molecule has 2 aliphatic rings. The molecule has 3 aromatic carbocycles. The van der Waals surface area contributed by atoms with E-state index in [2.05, 4.69) is 68.5 Å². The van der Waals surface area contributed by atoms with Gasteiger partial charge in [0.25, 0.3) is 0 Å². The van der Waals surface area contributed by atoms with Crippen LogP contribution in [-0.2, 0) is 10.2 Å². The molecule has 1 unspecified atom stereocenters. The molecule has 32 heavy (non-hydrogen) atoms. The third-order valence-electron chi connectivity index (χ3n) is 7.00. The predicted molar refractivity (Wildman–Crippen MR) is 129 cm³/mol. The summed E-state index contributed by atoms with van der Waals surface area (Å²) in [5.41, 5.74) is 8.32. The average molecular weight is 425 g/mol. The molecule has 5 rings (SSSR count). The molecule has 0 saturated carbocycles. The molecular weight excluding hydrogens is 396 g/mol. The van der Waals surface area contributed by atoms with E-state index in [0.717, 1.165) is 11.5 Å². The molecule has 0 saturated heterocycles. The van der Waals surface area contributed by atoms with Crippen molar-refractivity contribution in [2.45, 2.75) is 25.4 Å². The average Bonchev–Trinajstić information content (AvgIpc) is 2.87. The van der Waals surface area contributed by atoms with Crippen LogP contribution in [0.2, 0.25) is 0 Å². The lowest BCUT2D eigenvalue weighted by Gasteiger charge is -2.42. The zero-order chi connectivity index (χ0) is 22.3. The summed E-state index contributed by atoms with van der Waals surface area (Å²) in [6.45, 7) is 4.95. The van der Waals surface area contributed by atoms with Crippen molar-refractivity contribution in [3.8, 4) is 11.5 Å². The van der Waals surface area contributed by atoms with Crippen LogP contribution in [0.4, 0.5) is 0 Å². The second-order valence-electron chi connectivity index (χ2n) is 8.57. The van der Waals surface area contributed by atoms with Gasteiger partial charge < -0.3 is 14.2 Å². The second-order valence-corrected chi connectivity index (χ2v) is 8.57. The van der Waals surface area contributed by atoms with Gasteiger partial charge in [0.05, 0.1) is 26.2 Å². The third-order valence-corrected chi connectivity index (χ3v) is 7.00. The molecule has 1 heterocycles. The Bertz CT molecular complexity index is 1150. The van der Waals surface area contributed by atoms with Gasteiger partial charge in [0.2, 0.25) is 0 Å². The maximum atomic E-state index is 6.67. The van der Waals surface area contributed by atoms with Crippen molar-refractivity contribution in [1.29, 1.82) is 0 Å². The first kappa shape index (κ1) is 20.6. The Kier molecular flexibility index (Phi) is 5.15. The molecule has 0 amide bonds. The van der Waals surface area contributed by atoms with E-state index in [4.69, 9.17) is 14.2 Å². The van der Waals surface area contributed by atoms with Crippen LogP contribution in [0.25, 0.3) is 11.1 Å². The van der Waals surface area contributed by atoms with Crippen molar-refractivity contribution >= 4 is 11.1 Å². The Hall–Kier alpha value is -3.30. The first-order valence-electron chi connectivity index (χ1n) is 11.0. The van der Waals surface area contributed by atoms with Crippen LogP contribution in [0.5, 0.6) is 11.5 Å². The molecule has 1 aliphatic heterocycles. The van der Waals surface area contributed by atoms with Gasteiger partial charge in [0, 0.05) is 0 Å². The van der Waals surface area contributed by atoms with Crippen molar-refractivity contribution in [2.24, 2.45) is 0 Å². The smallest absolute Gasteiger partial charge is 0.118 e. The summed E-state index contributed by atoms with van der Waals surface area (Å²) in [7, 11) is 3.39. The van der Waals surface area contributed by atoms with E-state index in [1.165, 1.54) is 39.0 Å². The van der Waals surface area contributed by atoms with Gasteiger partial charge in [0.1, 0.15) is 17.6 Å². The summed E-state index contributed by atoms with van der Waals surface area (Å²) in [5.74, 6) is 1.69. The van der Waals surface area contributed by atoms with Gasteiger partial charge in [-0.05, 0) is 77.1 Å². The van der Waals surface area contributed by atoms with E-state index >= 15 is 0 Å². The van der Waals surface area contributed by atoms with Crippen molar-refractivity contribution in [3.63, 3.8) is 0 Å². The minimum Gasteiger partial charge on any atom is -0.497 e. The first-order chi connectivity index (χ1) is 15.6. The van der Waals surface area contributed by atoms with Crippen LogP contribution in [0.1, 0.15) is 36.1 Å². The van der Waals surface area contributed by atoms with Gasteiger partial charge in [-0.15, -0.1) is 0 Å². The van der Waals surface area contributed by atoms with Gasteiger partial charge in [-0.25, -0.2) is 0 Å². The van der Waals surface area contributed by atoms with Crippen LogP contribution in [0.3, 0.4) is 0 Å². The summed E-state index contributed by atoms with van der Waals surface area (Å²) in [6.07, 6.45) is 2.41. The maximum absolute atomic E-state index is 6.67. The van der Waals surface area contributed by atoms with Crippen molar-refractivity contribution < 1.29 is 14.2 Å². The summed E-state index contributed by atoms with van der Waals surface area (Å²) >= 11 is 0. The molecule has 0 N–H and O–H groups in total. The Labute approximate surface area is 190 Å². The van der Waals surface area contributed by atoms with Crippen molar-refractivity contribution in [2.75, 3.05) is 20.8 Å². The SMILES string of the molecule is COc1ccc(C2(c3ccc(OC)cc3)C=C3c4ccccc4C(C)=C(C)C3OC2)cc1. The highest BCUT2D eigenvalue weighted by atomic mass is 16.5. The number of hydrogen-bond donors (Lipinski definition) is 0. The molecule has 0 aromatic heterocycles. The summed E-state index contributed by atoms with van der Waals surface area (Å²) < 4.78 is 17.5. The summed E-state index contributed by atoms with van der Waals surface area (Å²) in [4.78, 5) is 0. The minimum atomic E-state index is -0.414. The monoisotopic (exact) mass is 424 g/mol. The Morgan fingerprint density at radius 2 is 1.28 bits per heavy atom. The Balaban J connectivity index is 1.74. The highest BCUT2D eigenvalue weighted by Gasteiger charge is 2.41. The lowest BCUT2D eigenvalue weighted by Crippen LogP contribution is -2.40. The largest absolute Gasteiger partial charge is 0.497 e. The standard InChI is InChI=1S/C29H28O3/c1-19-20(2)28-27(26-8-6-5-7-25(19)26)17-29(18-32-28,21-9-13-23(30-3)14-10-21)22-11-15-24(31-4)16-12-22/h5-17,28H,18H2,1-4H3. The summed E-state index contributed by atoms with van der Waals surface area (Å²) in [6, 6.07) is 25.3. The van der Waals surface area contributed by atoms with Crippen molar-refractivity contribution in [3.05, 3.63) is 107 Å². The van der Waals surface area contributed by atoms with Crippen LogP contribution in [0.15, 0.2) is 84.4 Å². The molecular formula is C29H28O3. The van der Waals surface area contributed by atoms with Crippen LogP contribution < -0.4 is 9.47 Å². The molecule has 0 fully saturated rings. The van der Waals surface area contributed by atoms with Gasteiger partial charge in [-0.2, -0.15) is 0 Å². The predicted octanol–water partition coefficient (Wildman–Crippen LogP) is 6.28. The highest BCUT2D eigenvalue weighted by Crippen LogP contribution is 2.48. The molecule has 0 spiro atoms. The molecule has 162 valence electrons. The third kappa shape index (κ3) is 3.16. The highest BCUT2D eigenvalue weighted by molar-refractivity contribution is 5.90. The van der Waals surface area contributed by atoms with E-state index in [1.54, 1.807) is 14.2 Å². The van der Waals surface area contributed by atoms with E-state index in [0.29, 0.717) is 6.61 Å². The molecule has 3 heteroatoms. The fourth-order valence-electron chi connectivity index (χ4n) is 5.01. The van der Waals surface area contributed by atoms with Crippen molar-refractivity contribution in [1.82, 2.24) is 0 Å². The zero-order valence-corrected chi connectivity index (χ0v) is 19.0. The van der Waals surface area contributed by atoms with Gasteiger partial charge in [-0.1, -0.05) is 54.6 Å². The van der Waals surface area contributed by atoms with Gasteiger partial charge >= 0.3 is 0 Å². The van der Waals surface area contributed by atoms with Gasteiger partial charge in [0.15, 0.2) is 0 Å². The molecule has 3 aromatic rings. The number of allylic oxidation sites excluding steroid dienone is 1. The van der Waals surface area contributed by atoms with Gasteiger partial charge in [-0.3, -0.25) is 0 Å². The number of fused-ring (bicyclic) bond motifs is 3. The quantitative estimate of drug-likeness (QED) is 0.493. The Morgan fingerprint density at radius 1 is 0.750 bits per heavy atom. The lowest BCUT2D eigenvalue weighted by molar-refractivity contribution is 0.0801. The number of ether oxygens (including phenoxy) is 3. The summed E-state index contributed by atoms with van der Waals surface area (Å²) in [5, 5.41) is 0. The lowest BCUT2D eigenvalue weighted by atomic mass is 9.69. The molecule has 0 radical (unpaired) electrons. The van der Waals surface area contributed by atoms with Crippen LogP contribution >= 0.6 is 0 Å². The Morgan fingerprint density at radius 3 is 1.81 bits per heavy atom. The fourth-order valence-corrected chi connectivity index (χ4v) is 5.01. The molecule has 1 atom stereocenters. The fraction of sp³-hybridized carbons (Fsp3) is 0.241. The van der Waals surface area contributed by atoms with Crippen LogP contribution in [-0.4, -0.2) is 26.9 Å². The topological polar surface area (TPSA) is 27.7 Å². The normalized spacial score (nSPS) is 19.0. The number of methoxy groups -OCH3 is 2. The van der Waals surface area contributed by atoms with E-state index in [9.17, 15) is 0 Å². The zero-order valence-electron chi connectivity index (χ0n) is 19.0. The molecule has 3 nitrogen and oxygen atoms in total. The second kappa shape index (κ2) is 7.99. The number of rotatable bonds is 4. The maximum Gasteiger partial charge on any atom is 0.118 e. The minimum absolute atomic E-state index is 0.0190. The van der Waals surface area contributed by atoms with Crippen LogP contribution in [0, 0.1) is 0 Å². The van der Waals surface area contributed by atoms with E-state index < -0.39 is 5.41 Å². The first-order valence-corrected chi connectivity index (χ1v) is 11.0. The molecule has 0 bridgehead atoms. The number of hydrogen-bond acceptors (Lipinski definition) is 3. The van der Waals surface area contributed by atoms with E-state index in [1.807, 2.05) is 24.3 Å². The number of benzene rings is 3.